The predicted octanol–water partition coefficient (Wildman–Crippen LogP) is 3.56. The van der Waals surface area contributed by atoms with Gasteiger partial charge in [-0.3, -0.25) is 19.2 Å². The summed E-state index contributed by atoms with van der Waals surface area (Å²) in [7, 11) is 0. The first-order chi connectivity index (χ1) is 30.8. The summed E-state index contributed by atoms with van der Waals surface area (Å²) in [5.41, 5.74) is -8.47. The van der Waals surface area contributed by atoms with Crippen molar-refractivity contribution in [1.82, 2.24) is 5.32 Å². The molecule has 1 saturated heterocycles. The molecule has 13 atom stereocenters. The number of amides is 1. The average Bonchev–Trinajstić information content (AvgIpc) is 3.23. The first-order valence-electron chi connectivity index (χ1n) is 21.7. The topological polar surface area (TPSA) is 268 Å². The Morgan fingerprint density at radius 2 is 1.56 bits per heavy atom. The molecule has 3 saturated carbocycles. The summed E-state index contributed by atoms with van der Waals surface area (Å²) in [6, 6.07) is 14.2. The van der Waals surface area contributed by atoms with Crippen LogP contribution in [0.5, 0.6) is 0 Å². The van der Waals surface area contributed by atoms with E-state index in [-0.39, 0.29) is 24.2 Å². The largest absolute Gasteiger partial charge is 0.481 e. The van der Waals surface area contributed by atoms with Crippen LogP contribution in [0.2, 0.25) is 0 Å². The van der Waals surface area contributed by atoms with Crippen LogP contribution in [-0.2, 0) is 52.4 Å². The molecule has 1 heterocycles. The van der Waals surface area contributed by atoms with Gasteiger partial charge in [-0.05, 0) is 38.5 Å². The summed E-state index contributed by atoms with van der Waals surface area (Å²) in [6.07, 6.45) is -11.7. The lowest BCUT2D eigenvalue weighted by atomic mass is 9.42. The molecule has 19 heteroatoms. The summed E-state index contributed by atoms with van der Waals surface area (Å²) in [6.45, 7) is 11.7. The molecule has 66 heavy (non-hydrogen) atoms. The molecule has 5 N–H and O–H groups in total. The second-order valence-corrected chi connectivity index (χ2v) is 20.4. The maximum absolute atomic E-state index is 15.1. The molecule has 3 unspecified atom stereocenters. The predicted molar refractivity (Wildman–Crippen MR) is 232 cm³/mol. The van der Waals surface area contributed by atoms with Crippen molar-refractivity contribution in [3.05, 3.63) is 71.8 Å². The minimum absolute atomic E-state index is 0.0536. The summed E-state index contributed by atoms with van der Waals surface area (Å²) < 4.78 is 35.8. The maximum atomic E-state index is 15.1. The van der Waals surface area contributed by atoms with Gasteiger partial charge >= 0.3 is 35.9 Å². The van der Waals surface area contributed by atoms with Crippen molar-refractivity contribution >= 4 is 53.5 Å². The number of rotatable bonds is 13. The number of carbonyl (C=O) groups is 7. The molecule has 2 bridgehead atoms. The van der Waals surface area contributed by atoms with Crippen LogP contribution >= 0.6 is 11.8 Å². The number of aliphatic hydroxyl groups is 3. The summed E-state index contributed by atoms with van der Waals surface area (Å²) >= 11 is 0.692. The number of carbonyl (C=O) groups excluding carboxylic acids is 6. The second kappa shape index (κ2) is 18.9. The zero-order valence-corrected chi connectivity index (χ0v) is 38.9. The van der Waals surface area contributed by atoms with Gasteiger partial charge in [0.2, 0.25) is 6.10 Å². The Labute approximate surface area is 386 Å². The molecule has 18 nitrogen and oxygen atoms in total. The number of nitrogens with one attached hydrogen (secondary N) is 1. The monoisotopic (exact) mass is 941 g/mol. The third kappa shape index (κ3) is 9.41. The first kappa shape index (κ1) is 50.3. The molecule has 4 fully saturated rings. The van der Waals surface area contributed by atoms with Gasteiger partial charge in [0.1, 0.15) is 41.7 Å². The van der Waals surface area contributed by atoms with E-state index in [0.29, 0.717) is 11.8 Å². The van der Waals surface area contributed by atoms with E-state index in [1.165, 1.54) is 19.1 Å². The average molecular weight is 942 g/mol. The number of aliphatic carboxylic acids is 1. The summed E-state index contributed by atoms with van der Waals surface area (Å²) in [5.74, 6) is -11.1. The van der Waals surface area contributed by atoms with Gasteiger partial charge in [0.05, 0.1) is 35.7 Å². The molecule has 1 amide bonds. The molecular formula is C47H59NO17S. The van der Waals surface area contributed by atoms with Gasteiger partial charge in [-0.15, -0.1) is 11.8 Å². The van der Waals surface area contributed by atoms with Crippen LogP contribution in [0.1, 0.15) is 90.2 Å². The van der Waals surface area contributed by atoms with Crippen LogP contribution in [0.15, 0.2) is 60.7 Å². The lowest BCUT2D eigenvalue weighted by Gasteiger charge is -2.69. The Balaban J connectivity index is 1.49. The van der Waals surface area contributed by atoms with E-state index >= 15 is 4.79 Å². The van der Waals surface area contributed by atoms with Crippen LogP contribution in [-0.4, -0.2) is 134 Å². The van der Waals surface area contributed by atoms with E-state index in [2.05, 4.69) is 5.32 Å². The summed E-state index contributed by atoms with van der Waals surface area (Å²) in [4.78, 5) is 95.3. The number of hydrogen-bond acceptors (Lipinski definition) is 17. The minimum Gasteiger partial charge on any atom is -0.481 e. The van der Waals surface area contributed by atoms with E-state index in [1.54, 1.807) is 90.1 Å². The molecule has 360 valence electrons. The fraction of sp³-hybridized carbons (Fsp3) is 0.596. The number of carboxylic acids is 1. The van der Waals surface area contributed by atoms with Crippen molar-refractivity contribution in [2.24, 2.45) is 28.6 Å². The highest BCUT2D eigenvalue weighted by Gasteiger charge is 2.79. The highest BCUT2D eigenvalue weighted by molar-refractivity contribution is 8.00. The van der Waals surface area contributed by atoms with Gasteiger partial charge in [0.25, 0.3) is 0 Å². The molecular weight excluding hydrogens is 883 g/mol. The fourth-order valence-corrected chi connectivity index (χ4v) is 11.1. The van der Waals surface area contributed by atoms with Crippen molar-refractivity contribution in [2.45, 2.75) is 128 Å². The van der Waals surface area contributed by atoms with Crippen molar-refractivity contribution < 1.29 is 82.4 Å². The molecule has 0 radical (unpaired) electrons. The van der Waals surface area contributed by atoms with E-state index in [9.17, 15) is 49.2 Å². The Kier molecular flexibility index (Phi) is 14.4. The van der Waals surface area contributed by atoms with Gasteiger partial charge in [0.15, 0.2) is 11.4 Å². The van der Waals surface area contributed by atoms with Crippen molar-refractivity contribution in [3.8, 4) is 0 Å². The number of thioether (sulfide) groups is 1. The Bertz CT molecular complexity index is 2180. The number of aliphatic hydroxyl groups excluding tert-OH is 2. The molecule has 1 aliphatic heterocycles. The number of benzene rings is 2. The number of esters is 4. The fourth-order valence-electron chi connectivity index (χ4n) is 10.6. The SMILES string of the molecule is CC(=O)O[C@@]12CO[C@@H]1C[C@H](O)[C@@]1(C)C(O)C(=O)[C@@H]3C(C)C(OC(=O)[C@H](OC(=O)CSCC(=O)O)[C@@H](NC(=O)OC(C)(C)C)c4ccccc4)C[C@@](O)([C@@H](OC(=O)c4ccccc4)[C@H]21)C3(C)C. The first-order valence-corrected chi connectivity index (χ1v) is 22.9. The molecule has 3 aliphatic carbocycles. The molecule has 4 aliphatic rings. The lowest BCUT2D eigenvalue weighted by molar-refractivity contribution is -0.365. The van der Waals surface area contributed by atoms with E-state index in [4.69, 9.17) is 28.4 Å². The van der Waals surface area contributed by atoms with Crippen molar-refractivity contribution in [2.75, 3.05) is 18.1 Å². The minimum atomic E-state index is -2.42. The zero-order chi connectivity index (χ0) is 48.7. The third-order valence-corrected chi connectivity index (χ3v) is 14.7. The molecule has 2 aromatic rings. The van der Waals surface area contributed by atoms with Crippen LogP contribution < -0.4 is 5.32 Å². The zero-order valence-electron chi connectivity index (χ0n) is 38.1. The number of hydrogen-bond donors (Lipinski definition) is 5. The molecule has 6 rings (SSSR count). The van der Waals surface area contributed by atoms with Crippen LogP contribution in [0, 0.1) is 28.6 Å². The van der Waals surface area contributed by atoms with Gasteiger partial charge in [-0.25, -0.2) is 14.4 Å². The Morgan fingerprint density at radius 1 is 0.939 bits per heavy atom. The number of alkyl carbamates (subject to hydrolysis) is 1. The standard InChI is InChI=1S/C47H59NO17S/c1-24-28(61-41(57)36(62-32(53)22-66-21-31(51)52)34(26-15-11-9-12-16-26)48-42(58)65-43(3,4)5)20-47(59)39(63-40(56)27-17-13-10-14-18-27)37-45(8,38(55)35(54)33(24)44(47,6)7)29(50)19-30-46(37,23-60-30)64-25(2)49/h9-18,24,28-30,33-34,36-39,50,55,59H,19-23H2,1-8H3,(H,48,58)(H,51,52)/t24?,28?,29-,30+,33-,34-,36+,37-,38?,39-,45+,46-,47+/m0/s1. The highest BCUT2D eigenvalue weighted by Crippen LogP contribution is 2.65. The number of fused-ring (bicyclic) bond motifs is 5. The number of carboxylic acid groups (broad SMARTS) is 1. The quantitative estimate of drug-likeness (QED) is 0.142. The van der Waals surface area contributed by atoms with Crippen molar-refractivity contribution in [1.29, 1.82) is 0 Å². The Hall–Kier alpha value is -5.08. The third-order valence-electron chi connectivity index (χ3n) is 13.8. The molecule has 2 aromatic carbocycles. The Morgan fingerprint density at radius 3 is 2.12 bits per heavy atom. The van der Waals surface area contributed by atoms with E-state index in [0.717, 1.165) is 6.92 Å². The maximum Gasteiger partial charge on any atom is 0.408 e. The van der Waals surface area contributed by atoms with Gasteiger partial charge in [-0.2, -0.15) is 0 Å². The van der Waals surface area contributed by atoms with Gasteiger partial charge in [-0.1, -0.05) is 76.2 Å². The van der Waals surface area contributed by atoms with Crippen LogP contribution in [0.3, 0.4) is 0 Å². The van der Waals surface area contributed by atoms with E-state index in [1.807, 2.05) is 0 Å². The number of Topliss-reactive ketones (excluding diaryl/α,β-unsaturated/α-hetero) is 1. The highest BCUT2D eigenvalue weighted by atomic mass is 32.2. The molecule has 0 spiro atoms. The number of ketones is 1. The normalized spacial score (nSPS) is 33.0. The smallest absolute Gasteiger partial charge is 0.408 e. The van der Waals surface area contributed by atoms with E-state index < -0.39 is 148 Å². The molecule has 0 aromatic heterocycles. The number of ether oxygens (including phenoxy) is 6. The summed E-state index contributed by atoms with van der Waals surface area (Å²) in [5, 5.41) is 49.9. The van der Waals surface area contributed by atoms with Crippen molar-refractivity contribution in [3.63, 3.8) is 0 Å². The van der Waals surface area contributed by atoms with Gasteiger partial charge < -0.3 is 54.2 Å². The van der Waals surface area contributed by atoms with Crippen LogP contribution in [0.4, 0.5) is 4.79 Å². The lowest BCUT2D eigenvalue weighted by Crippen LogP contribution is -2.83. The second-order valence-electron chi connectivity index (χ2n) is 19.4. The van der Waals surface area contributed by atoms with Gasteiger partial charge in [0, 0.05) is 42.4 Å². The van der Waals surface area contributed by atoms with Crippen LogP contribution in [0.25, 0.3) is 0 Å².